The summed E-state index contributed by atoms with van der Waals surface area (Å²) < 4.78 is 34.6. The normalized spacial score (nSPS) is 13.5. The van der Waals surface area contributed by atoms with E-state index < -0.39 is 17.9 Å². The number of nitrogens with one attached hydrogen (secondary N) is 1. The van der Waals surface area contributed by atoms with Crippen LogP contribution in [0.5, 0.6) is 11.6 Å². The number of amides is 1. The van der Waals surface area contributed by atoms with E-state index in [1.165, 1.54) is 36.4 Å². The molecule has 1 heterocycles. The largest absolute Gasteiger partial charge is 0.434 e. The Morgan fingerprint density at radius 1 is 1.12 bits per heavy atom. The molecule has 1 amide bonds. The average molecular weight is 499 g/mol. The van der Waals surface area contributed by atoms with E-state index in [2.05, 4.69) is 15.5 Å². The Bertz CT molecular complexity index is 1190. The van der Waals surface area contributed by atoms with Gasteiger partial charge in [-0.3, -0.25) is 4.79 Å². The fourth-order valence-electron chi connectivity index (χ4n) is 3.50. The predicted octanol–water partition coefficient (Wildman–Crippen LogP) is 6.30. The van der Waals surface area contributed by atoms with Gasteiger partial charge in [0.2, 0.25) is 0 Å². The van der Waals surface area contributed by atoms with Crippen LogP contribution in [0, 0.1) is 5.82 Å². The van der Waals surface area contributed by atoms with Crippen LogP contribution < -0.4 is 10.1 Å². The minimum Gasteiger partial charge on any atom is -0.434 e. The van der Waals surface area contributed by atoms with E-state index in [1.807, 2.05) is 0 Å². The SMILES string of the molecule is O=C(NCC(F)c1ccc(Cl)cc1Cl)c1c(Oc2cccc(Cl)c2F)nnc2c1CCC2. The second kappa shape index (κ2) is 9.57. The van der Waals surface area contributed by atoms with Crippen LogP contribution >= 0.6 is 34.8 Å². The average Bonchev–Trinajstić information content (AvgIpc) is 3.23. The number of carbonyl (C=O) groups is 1. The number of alkyl halides is 1. The van der Waals surface area contributed by atoms with Crippen molar-refractivity contribution in [1.29, 1.82) is 0 Å². The van der Waals surface area contributed by atoms with Crippen molar-refractivity contribution in [3.05, 3.63) is 79.7 Å². The van der Waals surface area contributed by atoms with E-state index in [4.69, 9.17) is 39.5 Å². The molecule has 0 fully saturated rings. The predicted molar refractivity (Wildman–Crippen MR) is 118 cm³/mol. The van der Waals surface area contributed by atoms with E-state index in [0.29, 0.717) is 29.1 Å². The topological polar surface area (TPSA) is 64.1 Å². The van der Waals surface area contributed by atoms with Crippen molar-refractivity contribution in [2.75, 3.05) is 6.54 Å². The number of nitrogens with zero attached hydrogens (tertiary/aromatic N) is 2. The zero-order valence-corrected chi connectivity index (χ0v) is 18.7. The van der Waals surface area contributed by atoms with Crippen molar-refractivity contribution in [2.24, 2.45) is 0 Å². The Kier molecular flexibility index (Phi) is 6.79. The summed E-state index contributed by atoms with van der Waals surface area (Å²) >= 11 is 17.7. The standard InChI is InChI=1S/C22H16Cl3F2N3O2/c23-11-7-8-12(15(25)9-11)16(26)10-28-21(31)19-13-3-1-5-17(13)29-30-22(19)32-18-6-2-4-14(24)20(18)27/h2,4,6-9,16H,1,3,5,10H2,(H,28,31). The molecule has 0 saturated carbocycles. The molecule has 1 aromatic heterocycles. The lowest BCUT2D eigenvalue weighted by atomic mass is 10.1. The number of hydrogen-bond acceptors (Lipinski definition) is 4. The first-order chi connectivity index (χ1) is 15.3. The second-order valence-corrected chi connectivity index (χ2v) is 8.41. The first-order valence-corrected chi connectivity index (χ1v) is 10.9. The Hall–Kier alpha value is -2.48. The lowest BCUT2D eigenvalue weighted by Gasteiger charge is -2.16. The highest BCUT2D eigenvalue weighted by Gasteiger charge is 2.28. The Morgan fingerprint density at radius 3 is 2.72 bits per heavy atom. The van der Waals surface area contributed by atoms with Gasteiger partial charge in [0.25, 0.3) is 11.8 Å². The molecule has 0 aliphatic heterocycles. The highest BCUT2D eigenvalue weighted by molar-refractivity contribution is 6.35. The first-order valence-electron chi connectivity index (χ1n) is 9.72. The molecule has 1 atom stereocenters. The van der Waals surface area contributed by atoms with Gasteiger partial charge < -0.3 is 10.1 Å². The maximum absolute atomic E-state index is 14.8. The molecule has 166 valence electrons. The van der Waals surface area contributed by atoms with Gasteiger partial charge in [-0.05, 0) is 49.1 Å². The zero-order valence-electron chi connectivity index (χ0n) is 16.5. The first kappa shape index (κ1) is 22.7. The van der Waals surface area contributed by atoms with Crippen molar-refractivity contribution in [1.82, 2.24) is 15.5 Å². The molecule has 2 aromatic carbocycles. The number of benzene rings is 2. The number of carbonyl (C=O) groups excluding carboxylic acids is 1. The summed E-state index contributed by atoms with van der Waals surface area (Å²) in [5, 5.41) is 11.0. The monoisotopic (exact) mass is 497 g/mol. The summed E-state index contributed by atoms with van der Waals surface area (Å²) in [5.74, 6) is -1.77. The maximum Gasteiger partial charge on any atom is 0.257 e. The number of halogens is 5. The molecule has 4 rings (SSSR count). The van der Waals surface area contributed by atoms with Crippen LogP contribution in [0.3, 0.4) is 0 Å². The second-order valence-electron chi connectivity index (χ2n) is 7.16. The molecule has 0 bridgehead atoms. The van der Waals surface area contributed by atoms with Crippen LogP contribution in [0.15, 0.2) is 36.4 Å². The quantitative estimate of drug-likeness (QED) is 0.433. The molecular weight excluding hydrogens is 483 g/mol. The molecule has 0 saturated heterocycles. The van der Waals surface area contributed by atoms with Gasteiger partial charge in [-0.2, -0.15) is 5.10 Å². The van der Waals surface area contributed by atoms with E-state index in [1.54, 1.807) is 0 Å². The van der Waals surface area contributed by atoms with Crippen molar-refractivity contribution >= 4 is 40.7 Å². The summed E-state index contributed by atoms with van der Waals surface area (Å²) in [6, 6.07) is 8.64. The fraction of sp³-hybridized carbons (Fsp3) is 0.227. The number of ether oxygens (including phenoxy) is 1. The molecule has 5 nitrogen and oxygen atoms in total. The zero-order chi connectivity index (χ0) is 22.8. The van der Waals surface area contributed by atoms with Crippen LogP contribution in [-0.2, 0) is 12.8 Å². The molecule has 0 radical (unpaired) electrons. The van der Waals surface area contributed by atoms with Crippen molar-refractivity contribution < 1.29 is 18.3 Å². The molecular formula is C22H16Cl3F2N3O2. The molecule has 1 unspecified atom stereocenters. The number of fused-ring (bicyclic) bond motifs is 1. The summed E-state index contributed by atoms with van der Waals surface area (Å²) in [5.41, 5.74) is 1.61. The van der Waals surface area contributed by atoms with Gasteiger partial charge in [-0.1, -0.05) is 46.9 Å². The van der Waals surface area contributed by atoms with Crippen LogP contribution in [0.2, 0.25) is 15.1 Å². The lowest BCUT2D eigenvalue weighted by Crippen LogP contribution is -2.29. The number of aromatic nitrogens is 2. The van der Waals surface area contributed by atoms with Gasteiger partial charge in [0.15, 0.2) is 11.6 Å². The summed E-state index contributed by atoms with van der Waals surface area (Å²) in [6.07, 6.45) is 0.442. The smallest absolute Gasteiger partial charge is 0.257 e. The molecule has 0 spiro atoms. The summed E-state index contributed by atoms with van der Waals surface area (Å²) in [6.45, 7) is -0.345. The van der Waals surface area contributed by atoms with E-state index >= 15 is 0 Å². The van der Waals surface area contributed by atoms with Gasteiger partial charge in [0.1, 0.15) is 11.7 Å². The van der Waals surface area contributed by atoms with Gasteiger partial charge in [-0.15, -0.1) is 5.10 Å². The highest BCUT2D eigenvalue weighted by Crippen LogP contribution is 2.34. The Morgan fingerprint density at radius 2 is 1.94 bits per heavy atom. The third kappa shape index (κ3) is 4.65. The number of rotatable bonds is 6. The van der Waals surface area contributed by atoms with E-state index in [9.17, 15) is 13.6 Å². The van der Waals surface area contributed by atoms with Gasteiger partial charge >= 0.3 is 0 Å². The van der Waals surface area contributed by atoms with E-state index in [-0.39, 0.29) is 39.3 Å². The maximum atomic E-state index is 14.8. The van der Waals surface area contributed by atoms with Gasteiger partial charge in [0, 0.05) is 15.6 Å². The molecule has 1 aliphatic carbocycles. The summed E-state index contributed by atoms with van der Waals surface area (Å²) in [7, 11) is 0. The van der Waals surface area contributed by atoms with Crippen LogP contribution in [0.4, 0.5) is 8.78 Å². The Labute approximate surface area is 197 Å². The summed E-state index contributed by atoms with van der Waals surface area (Å²) in [4.78, 5) is 13.0. The number of aryl methyl sites for hydroxylation is 1. The van der Waals surface area contributed by atoms with Crippen LogP contribution in [-0.4, -0.2) is 22.6 Å². The molecule has 1 N–H and O–H groups in total. The highest BCUT2D eigenvalue weighted by atomic mass is 35.5. The third-order valence-electron chi connectivity index (χ3n) is 5.06. The molecule has 10 heteroatoms. The lowest BCUT2D eigenvalue weighted by molar-refractivity contribution is 0.0937. The number of hydrogen-bond donors (Lipinski definition) is 1. The fourth-order valence-corrected chi connectivity index (χ4v) is 4.19. The van der Waals surface area contributed by atoms with Crippen LogP contribution in [0.1, 0.15) is 39.8 Å². The molecule has 1 aliphatic rings. The van der Waals surface area contributed by atoms with Crippen molar-refractivity contribution in [3.63, 3.8) is 0 Å². The minimum absolute atomic E-state index is 0.0984. The van der Waals surface area contributed by atoms with E-state index in [0.717, 1.165) is 6.42 Å². The van der Waals surface area contributed by atoms with Gasteiger partial charge in [0.05, 0.1) is 17.3 Å². The molecule has 32 heavy (non-hydrogen) atoms. The van der Waals surface area contributed by atoms with Gasteiger partial charge in [-0.25, -0.2) is 8.78 Å². The van der Waals surface area contributed by atoms with Crippen molar-refractivity contribution in [2.45, 2.75) is 25.4 Å². The molecule has 3 aromatic rings. The van der Waals surface area contributed by atoms with Crippen molar-refractivity contribution in [3.8, 4) is 11.6 Å². The third-order valence-corrected chi connectivity index (χ3v) is 5.91. The minimum atomic E-state index is -1.57. The Balaban J connectivity index is 1.59. The van der Waals surface area contributed by atoms with Crippen LogP contribution in [0.25, 0.3) is 0 Å².